The van der Waals surface area contributed by atoms with E-state index in [2.05, 4.69) is 4.90 Å². The van der Waals surface area contributed by atoms with E-state index in [1.165, 1.54) is 36.4 Å². The summed E-state index contributed by atoms with van der Waals surface area (Å²) in [5.41, 5.74) is 1.96. The van der Waals surface area contributed by atoms with Crippen LogP contribution in [0.25, 0.3) is 0 Å². The second kappa shape index (κ2) is 11.5. The van der Waals surface area contributed by atoms with Gasteiger partial charge in [-0.25, -0.2) is 17.2 Å². The van der Waals surface area contributed by atoms with E-state index >= 15 is 0 Å². The monoisotopic (exact) mass is 581 g/mol. The highest BCUT2D eigenvalue weighted by Gasteiger charge is 2.44. The maximum absolute atomic E-state index is 13.8. The zero-order chi connectivity index (χ0) is 29.3. The second-order valence-corrected chi connectivity index (χ2v) is 12.6. The maximum Gasteiger partial charge on any atom is 0.262 e. The molecule has 2 heterocycles. The Kier molecular flexibility index (Phi) is 8.01. The fourth-order valence-corrected chi connectivity index (χ4v) is 6.15. The first-order chi connectivity index (χ1) is 19.5. The third kappa shape index (κ3) is 6.06. The van der Waals surface area contributed by atoms with Crippen LogP contribution in [0.2, 0.25) is 0 Å². The van der Waals surface area contributed by atoms with Gasteiger partial charge in [-0.2, -0.15) is 0 Å². The Hall–Kier alpha value is -3.96. The van der Waals surface area contributed by atoms with Crippen LogP contribution in [-0.4, -0.2) is 85.1 Å². The average molecular weight is 582 g/mol. The Bertz CT molecular complexity index is 1490. The van der Waals surface area contributed by atoms with Gasteiger partial charge in [0.1, 0.15) is 27.5 Å². The number of benzene rings is 3. The number of hydrogen-bond acceptors (Lipinski definition) is 6. The number of fused-ring (bicyclic) bond motifs is 1. The summed E-state index contributed by atoms with van der Waals surface area (Å²) in [7, 11) is -3.48. The summed E-state index contributed by atoms with van der Waals surface area (Å²) in [6, 6.07) is 16.8. The van der Waals surface area contributed by atoms with E-state index in [0.717, 1.165) is 22.3 Å². The second-order valence-electron chi connectivity index (χ2n) is 10.3. The molecule has 2 aliphatic rings. The molecule has 8 nitrogen and oxygen atoms in total. The molecule has 2 aliphatic heterocycles. The van der Waals surface area contributed by atoms with Crippen LogP contribution >= 0.6 is 0 Å². The van der Waals surface area contributed by atoms with Crippen molar-refractivity contribution < 1.29 is 31.6 Å². The van der Waals surface area contributed by atoms with E-state index in [9.17, 15) is 31.6 Å². The zero-order valence-corrected chi connectivity index (χ0v) is 23.2. The highest BCUT2D eigenvalue weighted by molar-refractivity contribution is 7.90. The van der Waals surface area contributed by atoms with Gasteiger partial charge in [0.05, 0.1) is 22.9 Å². The highest BCUT2D eigenvalue weighted by Crippen LogP contribution is 2.31. The molecule has 41 heavy (non-hydrogen) atoms. The number of piperazine rings is 1. The van der Waals surface area contributed by atoms with Gasteiger partial charge in [-0.15, -0.1) is 0 Å². The minimum absolute atomic E-state index is 0.181. The summed E-state index contributed by atoms with van der Waals surface area (Å²) >= 11 is 0. The molecule has 0 aliphatic carbocycles. The lowest BCUT2D eigenvalue weighted by atomic mass is 9.96. The van der Waals surface area contributed by atoms with Gasteiger partial charge in [0.2, 0.25) is 5.91 Å². The summed E-state index contributed by atoms with van der Waals surface area (Å²) in [6.07, 6.45) is 0.831. The Morgan fingerprint density at radius 3 is 1.68 bits per heavy atom. The molecule has 0 radical (unpaired) electrons. The first kappa shape index (κ1) is 28.6. The smallest absolute Gasteiger partial charge is 0.262 e. The molecule has 0 N–H and O–H groups in total. The lowest BCUT2D eigenvalue weighted by Gasteiger charge is -2.41. The largest absolute Gasteiger partial charge is 0.338 e. The van der Waals surface area contributed by atoms with E-state index in [4.69, 9.17) is 0 Å². The molecule has 3 aromatic rings. The Labute approximate surface area is 237 Å². The van der Waals surface area contributed by atoms with Crippen molar-refractivity contribution in [3.63, 3.8) is 0 Å². The van der Waals surface area contributed by atoms with Crippen molar-refractivity contribution in [3.05, 3.63) is 107 Å². The number of imide groups is 1. The molecule has 3 amide bonds. The predicted octanol–water partition coefficient (Wildman–Crippen LogP) is 3.30. The van der Waals surface area contributed by atoms with Crippen LogP contribution in [0.5, 0.6) is 0 Å². The fourth-order valence-electron chi connectivity index (χ4n) is 5.50. The minimum atomic E-state index is -3.48. The van der Waals surface area contributed by atoms with Crippen molar-refractivity contribution in [3.8, 4) is 0 Å². The summed E-state index contributed by atoms with van der Waals surface area (Å²) in [6.45, 7) is 1.28. The molecular formula is C30H29F2N3O5S. The van der Waals surface area contributed by atoms with Gasteiger partial charge < -0.3 is 4.90 Å². The van der Waals surface area contributed by atoms with Gasteiger partial charge >= 0.3 is 0 Å². The maximum atomic E-state index is 13.8. The van der Waals surface area contributed by atoms with Gasteiger partial charge in [-0.3, -0.25) is 24.2 Å². The topological polar surface area (TPSA) is 95.1 Å². The molecule has 0 aromatic heterocycles. The number of sulfone groups is 1. The quantitative estimate of drug-likeness (QED) is 0.379. The molecule has 1 saturated heterocycles. The van der Waals surface area contributed by atoms with E-state index < -0.39 is 33.6 Å². The van der Waals surface area contributed by atoms with Crippen molar-refractivity contribution in [2.24, 2.45) is 0 Å². The molecule has 214 valence electrons. The molecule has 1 atom stereocenters. The van der Waals surface area contributed by atoms with Gasteiger partial charge in [0.25, 0.3) is 11.8 Å². The predicted molar refractivity (Wildman–Crippen MR) is 148 cm³/mol. The molecule has 0 bridgehead atoms. The molecule has 3 aromatic carbocycles. The molecule has 5 rings (SSSR count). The van der Waals surface area contributed by atoms with Crippen LogP contribution in [0.1, 0.15) is 44.3 Å². The van der Waals surface area contributed by atoms with Crippen molar-refractivity contribution in [1.82, 2.24) is 14.7 Å². The van der Waals surface area contributed by atoms with Crippen LogP contribution in [0.15, 0.2) is 72.8 Å². The van der Waals surface area contributed by atoms with Gasteiger partial charge in [-0.1, -0.05) is 36.4 Å². The van der Waals surface area contributed by atoms with Crippen molar-refractivity contribution in [2.75, 3.05) is 38.2 Å². The van der Waals surface area contributed by atoms with Crippen LogP contribution in [0, 0.1) is 11.6 Å². The first-order valence-electron chi connectivity index (χ1n) is 13.2. The first-order valence-corrected chi connectivity index (χ1v) is 15.3. The van der Waals surface area contributed by atoms with E-state index in [1.807, 2.05) is 0 Å². The molecule has 1 unspecified atom stereocenters. The van der Waals surface area contributed by atoms with Gasteiger partial charge in [-0.05, 0) is 53.9 Å². The normalized spacial score (nSPS) is 16.8. The number of nitrogens with zero attached hydrogens (tertiary/aromatic N) is 3. The lowest BCUT2D eigenvalue weighted by molar-refractivity contribution is -0.137. The van der Waals surface area contributed by atoms with Crippen molar-refractivity contribution >= 4 is 27.6 Å². The number of halogens is 2. The van der Waals surface area contributed by atoms with Crippen molar-refractivity contribution in [1.29, 1.82) is 0 Å². The van der Waals surface area contributed by atoms with Crippen LogP contribution in [0.3, 0.4) is 0 Å². The molecule has 0 saturated carbocycles. The number of rotatable bonds is 8. The summed E-state index contributed by atoms with van der Waals surface area (Å²) < 4.78 is 51.3. The number of hydrogen-bond donors (Lipinski definition) is 0. The molecule has 0 spiro atoms. The number of amides is 3. The summed E-state index contributed by atoms with van der Waals surface area (Å²) in [5.74, 6) is -2.87. The van der Waals surface area contributed by atoms with Crippen LogP contribution in [0.4, 0.5) is 8.78 Å². The summed E-state index contributed by atoms with van der Waals surface area (Å²) in [5, 5.41) is 0. The molecule has 1 fully saturated rings. The SMILES string of the molecule is CS(=O)(=O)CCC(C(=O)N1CCN(C(c2ccc(F)cc2)c2ccc(F)cc2)CC1)N1C(=O)c2ccccc2C1=O. The number of carbonyl (C=O) groups is 3. The molecular weight excluding hydrogens is 552 g/mol. The Morgan fingerprint density at radius 1 is 0.780 bits per heavy atom. The Morgan fingerprint density at radius 2 is 1.24 bits per heavy atom. The van der Waals surface area contributed by atoms with Gasteiger partial charge in [0.15, 0.2) is 0 Å². The minimum Gasteiger partial charge on any atom is -0.338 e. The average Bonchev–Trinajstić information content (AvgIpc) is 3.20. The third-order valence-electron chi connectivity index (χ3n) is 7.55. The molecule has 11 heteroatoms. The Balaban J connectivity index is 1.37. The van der Waals surface area contributed by atoms with Crippen molar-refractivity contribution in [2.45, 2.75) is 18.5 Å². The third-order valence-corrected chi connectivity index (χ3v) is 8.52. The standard InChI is InChI=1S/C30H29F2N3O5S/c1-41(39,40)19-14-26(35-28(36)24-4-2-3-5-25(24)29(35)37)30(38)34-17-15-33(16-18-34)27(20-6-10-22(31)11-7-20)21-8-12-23(32)13-9-21/h2-13,26-27H,14-19H2,1H3. The summed E-state index contributed by atoms with van der Waals surface area (Å²) in [4.78, 5) is 44.7. The van der Waals surface area contributed by atoms with E-state index in [1.54, 1.807) is 41.3 Å². The zero-order valence-electron chi connectivity index (χ0n) is 22.4. The number of carbonyl (C=O) groups excluding carboxylic acids is 3. The van der Waals surface area contributed by atoms with Crippen LogP contribution < -0.4 is 0 Å². The van der Waals surface area contributed by atoms with Crippen LogP contribution in [-0.2, 0) is 14.6 Å². The van der Waals surface area contributed by atoms with Gasteiger partial charge in [0, 0.05) is 32.4 Å². The lowest BCUT2D eigenvalue weighted by Crippen LogP contribution is -2.56. The van der Waals surface area contributed by atoms with E-state index in [0.29, 0.717) is 13.1 Å². The van der Waals surface area contributed by atoms with E-state index in [-0.39, 0.29) is 54.1 Å². The highest BCUT2D eigenvalue weighted by atomic mass is 32.2. The fraction of sp³-hybridized carbons (Fsp3) is 0.300.